The monoisotopic (exact) mass is 348 g/mol. The highest BCUT2D eigenvalue weighted by molar-refractivity contribution is 7.99. The number of hydrogen-bond acceptors (Lipinski definition) is 5. The molecule has 0 saturated heterocycles. The van der Waals surface area contributed by atoms with Gasteiger partial charge in [0.2, 0.25) is 0 Å². The van der Waals surface area contributed by atoms with Gasteiger partial charge in [0.15, 0.2) is 5.16 Å². The number of aliphatic hydroxyl groups excluding tert-OH is 1. The number of imidazole rings is 1. The van der Waals surface area contributed by atoms with E-state index in [0.29, 0.717) is 13.0 Å². The van der Waals surface area contributed by atoms with Crippen LogP contribution in [0.5, 0.6) is 0 Å². The molecule has 6 heteroatoms. The summed E-state index contributed by atoms with van der Waals surface area (Å²) >= 11 is 1.61. The largest absolute Gasteiger partial charge is 0.466 e. The van der Waals surface area contributed by atoms with Crippen LogP contribution in [-0.4, -0.2) is 33.0 Å². The predicted octanol–water partition coefficient (Wildman–Crippen LogP) is 3.05. The van der Waals surface area contributed by atoms with Crippen LogP contribution in [-0.2, 0) is 29.1 Å². The number of carbonyl (C=O) groups is 1. The summed E-state index contributed by atoms with van der Waals surface area (Å²) < 4.78 is 6.98. The number of ether oxygens (including phenoxy) is 1. The SMILES string of the molecule is CCOC(=O)CCCSc1ncc(CO)n1CCc1ccccc1. The summed E-state index contributed by atoms with van der Waals surface area (Å²) in [5.41, 5.74) is 2.08. The molecule has 0 saturated carbocycles. The second kappa shape index (κ2) is 10.2. The van der Waals surface area contributed by atoms with Gasteiger partial charge in [0.1, 0.15) is 0 Å². The summed E-state index contributed by atoms with van der Waals surface area (Å²) in [5, 5.41) is 10.4. The van der Waals surface area contributed by atoms with E-state index in [4.69, 9.17) is 4.74 Å². The Morgan fingerprint density at radius 2 is 2.12 bits per heavy atom. The quantitative estimate of drug-likeness (QED) is 0.406. The lowest BCUT2D eigenvalue weighted by molar-refractivity contribution is -0.143. The first-order valence-corrected chi connectivity index (χ1v) is 9.20. The molecule has 0 bridgehead atoms. The van der Waals surface area contributed by atoms with Gasteiger partial charge in [-0.2, -0.15) is 0 Å². The van der Waals surface area contributed by atoms with E-state index in [1.54, 1.807) is 18.0 Å². The molecule has 24 heavy (non-hydrogen) atoms. The van der Waals surface area contributed by atoms with Crippen LogP contribution in [0.3, 0.4) is 0 Å². The molecule has 0 fully saturated rings. The molecule has 1 heterocycles. The second-order valence-corrected chi connectivity index (χ2v) is 6.40. The van der Waals surface area contributed by atoms with E-state index in [1.165, 1.54) is 5.56 Å². The lowest BCUT2D eigenvalue weighted by Gasteiger charge is -2.10. The van der Waals surface area contributed by atoms with Gasteiger partial charge < -0.3 is 14.4 Å². The summed E-state index contributed by atoms with van der Waals surface area (Å²) in [6.07, 6.45) is 3.79. The predicted molar refractivity (Wildman–Crippen MR) is 94.9 cm³/mol. The third kappa shape index (κ3) is 5.69. The van der Waals surface area contributed by atoms with Gasteiger partial charge in [0.05, 0.1) is 25.1 Å². The van der Waals surface area contributed by atoms with Gasteiger partial charge in [-0.05, 0) is 25.3 Å². The second-order valence-electron chi connectivity index (χ2n) is 5.33. The van der Waals surface area contributed by atoms with Crippen LogP contribution in [0, 0.1) is 0 Å². The average Bonchev–Trinajstić information content (AvgIpc) is 3.00. The summed E-state index contributed by atoms with van der Waals surface area (Å²) in [7, 11) is 0. The van der Waals surface area contributed by atoms with Gasteiger partial charge in [-0.25, -0.2) is 4.98 Å². The topological polar surface area (TPSA) is 64.3 Å². The number of carbonyl (C=O) groups excluding carboxylic acids is 1. The van der Waals surface area contributed by atoms with Crippen molar-refractivity contribution >= 4 is 17.7 Å². The number of rotatable bonds is 10. The van der Waals surface area contributed by atoms with Crippen LogP contribution in [0.15, 0.2) is 41.7 Å². The van der Waals surface area contributed by atoms with Crippen LogP contribution < -0.4 is 0 Å². The van der Waals surface area contributed by atoms with Crippen LogP contribution >= 0.6 is 11.8 Å². The Morgan fingerprint density at radius 1 is 1.33 bits per heavy atom. The van der Waals surface area contributed by atoms with Crippen molar-refractivity contribution in [2.75, 3.05) is 12.4 Å². The Balaban J connectivity index is 1.88. The number of benzene rings is 1. The Bertz CT molecular complexity index is 628. The van der Waals surface area contributed by atoms with Crippen molar-refractivity contribution in [3.05, 3.63) is 47.8 Å². The van der Waals surface area contributed by atoms with Crippen molar-refractivity contribution in [1.82, 2.24) is 9.55 Å². The molecule has 0 amide bonds. The molecule has 130 valence electrons. The average molecular weight is 348 g/mol. The highest BCUT2D eigenvalue weighted by Gasteiger charge is 2.10. The van der Waals surface area contributed by atoms with Gasteiger partial charge in [0, 0.05) is 18.7 Å². The molecule has 2 aromatic rings. The van der Waals surface area contributed by atoms with Gasteiger partial charge in [-0.3, -0.25) is 4.79 Å². The molecule has 1 N–H and O–H groups in total. The van der Waals surface area contributed by atoms with Gasteiger partial charge >= 0.3 is 5.97 Å². The zero-order chi connectivity index (χ0) is 17.2. The number of esters is 1. The molecule has 0 spiro atoms. The summed E-state index contributed by atoms with van der Waals surface area (Å²) in [5.74, 6) is 0.646. The maximum absolute atomic E-state index is 11.3. The molecule has 0 aliphatic carbocycles. The molecule has 0 aliphatic rings. The van der Waals surface area contributed by atoms with Crippen molar-refractivity contribution in [2.24, 2.45) is 0 Å². The minimum absolute atomic E-state index is 0.0226. The van der Waals surface area contributed by atoms with E-state index in [-0.39, 0.29) is 12.6 Å². The lowest BCUT2D eigenvalue weighted by Crippen LogP contribution is -2.08. The van der Waals surface area contributed by atoms with Crippen LogP contribution in [0.1, 0.15) is 31.0 Å². The standard InChI is InChI=1S/C18H24N2O3S/c1-2-23-17(22)9-6-12-24-18-19-13-16(14-21)20(18)11-10-15-7-4-3-5-8-15/h3-5,7-8,13,21H,2,6,9-12,14H2,1H3. The molecule has 2 rings (SSSR count). The van der Waals surface area contributed by atoms with Crippen molar-refractivity contribution in [2.45, 2.75) is 44.5 Å². The highest BCUT2D eigenvalue weighted by atomic mass is 32.2. The maximum atomic E-state index is 11.3. The Kier molecular flexibility index (Phi) is 7.85. The summed E-state index contributed by atoms with van der Waals surface area (Å²) in [4.78, 5) is 15.7. The van der Waals surface area contributed by atoms with Crippen LogP contribution in [0.4, 0.5) is 0 Å². The maximum Gasteiger partial charge on any atom is 0.305 e. The van der Waals surface area contributed by atoms with Gasteiger partial charge in [0.25, 0.3) is 0 Å². The van der Waals surface area contributed by atoms with Gasteiger partial charge in [-0.15, -0.1) is 0 Å². The van der Waals surface area contributed by atoms with E-state index >= 15 is 0 Å². The van der Waals surface area contributed by atoms with E-state index in [9.17, 15) is 9.90 Å². The zero-order valence-corrected chi connectivity index (χ0v) is 14.8. The van der Waals surface area contributed by atoms with E-state index in [2.05, 4.69) is 21.7 Å². The third-order valence-electron chi connectivity index (χ3n) is 3.59. The summed E-state index contributed by atoms with van der Waals surface area (Å²) in [6.45, 7) is 2.99. The Morgan fingerprint density at radius 3 is 2.83 bits per heavy atom. The molecule has 1 aromatic heterocycles. The minimum Gasteiger partial charge on any atom is -0.466 e. The first-order chi connectivity index (χ1) is 11.7. The number of aromatic nitrogens is 2. The van der Waals surface area contributed by atoms with Crippen LogP contribution in [0.25, 0.3) is 0 Å². The fourth-order valence-electron chi connectivity index (χ4n) is 2.37. The number of aryl methyl sites for hydroxylation is 1. The van der Waals surface area contributed by atoms with Gasteiger partial charge in [-0.1, -0.05) is 42.1 Å². The molecule has 0 radical (unpaired) electrons. The molecule has 0 aliphatic heterocycles. The fourth-order valence-corrected chi connectivity index (χ4v) is 3.33. The zero-order valence-electron chi connectivity index (χ0n) is 14.0. The number of nitrogens with zero attached hydrogens (tertiary/aromatic N) is 2. The Hall–Kier alpha value is -1.79. The number of thioether (sulfide) groups is 1. The fraction of sp³-hybridized carbons (Fsp3) is 0.444. The molecule has 0 atom stereocenters. The molecular weight excluding hydrogens is 324 g/mol. The first-order valence-electron chi connectivity index (χ1n) is 8.22. The number of hydrogen-bond donors (Lipinski definition) is 1. The molecule has 0 unspecified atom stereocenters. The van der Waals surface area contributed by atoms with E-state index in [1.807, 2.05) is 25.1 Å². The van der Waals surface area contributed by atoms with Crippen molar-refractivity contribution < 1.29 is 14.6 Å². The minimum atomic E-state index is -0.151. The van der Waals surface area contributed by atoms with E-state index in [0.717, 1.165) is 36.0 Å². The summed E-state index contributed by atoms with van der Waals surface area (Å²) in [6, 6.07) is 10.3. The highest BCUT2D eigenvalue weighted by Crippen LogP contribution is 2.21. The lowest BCUT2D eigenvalue weighted by atomic mass is 10.1. The first kappa shape index (κ1) is 18.5. The van der Waals surface area contributed by atoms with Crippen molar-refractivity contribution in [3.8, 4) is 0 Å². The molecule has 5 nitrogen and oxygen atoms in total. The van der Waals surface area contributed by atoms with Crippen LogP contribution in [0.2, 0.25) is 0 Å². The smallest absolute Gasteiger partial charge is 0.305 e. The van der Waals surface area contributed by atoms with Crippen molar-refractivity contribution in [3.63, 3.8) is 0 Å². The molecule has 1 aromatic carbocycles. The van der Waals surface area contributed by atoms with E-state index < -0.39 is 0 Å². The molecular formula is C18H24N2O3S. The Labute approximate surface area is 147 Å². The van der Waals surface area contributed by atoms with Crippen molar-refractivity contribution in [1.29, 1.82) is 0 Å². The normalized spacial score (nSPS) is 10.8. The third-order valence-corrected chi connectivity index (χ3v) is 4.67. The number of aliphatic hydroxyl groups is 1.